The van der Waals surface area contributed by atoms with Gasteiger partial charge in [-0.3, -0.25) is 20.4 Å². The van der Waals surface area contributed by atoms with Gasteiger partial charge in [-0.1, -0.05) is 5.16 Å². The zero-order valence-corrected chi connectivity index (χ0v) is 15.1. The summed E-state index contributed by atoms with van der Waals surface area (Å²) in [5, 5.41) is 32.6. The highest BCUT2D eigenvalue weighted by atomic mass is 32.1. The summed E-state index contributed by atoms with van der Waals surface area (Å²) in [6.45, 7) is 1.27. The van der Waals surface area contributed by atoms with Crippen molar-refractivity contribution in [2.75, 3.05) is 5.73 Å². The molecule has 2 rings (SSSR count). The number of amides is 2. The van der Waals surface area contributed by atoms with Gasteiger partial charge in [-0.15, -0.1) is 11.3 Å². The molecule has 0 spiro atoms. The van der Waals surface area contributed by atoms with Crippen molar-refractivity contribution >= 4 is 40.0 Å². The summed E-state index contributed by atoms with van der Waals surface area (Å²) in [6.07, 6.45) is -1.26. The maximum Gasteiger partial charge on any atom is 0.360 e. The van der Waals surface area contributed by atoms with Crippen molar-refractivity contribution in [3.05, 3.63) is 34.8 Å². The summed E-state index contributed by atoms with van der Waals surface area (Å²) in [5.41, 5.74) is 8.96. The Bertz CT molecular complexity index is 943. The maximum absolute atomic E-state index is 11.9. The van der Waals surface area contributed by atoms with Crippen molar-refractivity contribution < 1.29 is 34.5 Å². The molecule has 0 radical (unpaired) electrons. The van der Waals surface area contributed by atoms with E-state index in [9.17, 15) is 24.6 Å². The summed E-state index contributed by atoms with van der Waals surface area (Å²) in [4.78, 5) is 43.7. The quantitative estimate of drug-likeness (QED) is 0.212. The predicted molar refractivity (Wildman–Crippen MR) is 96.6 cm³/mol. The van der Waals surface area contributed by atoms with E-state index in [4.69, 9.17) is 15.7 Å². The van der Waals surface area contributed by atoms with Gasteiger partial charge in [0.1, 0.15) is 5.69 Å². The van der Waals surface area contributed by atoms with Crippen LogP contribution in [0.2, 0.25) is 0 Å². The third-order valence-corrected chi connectivity index (χ3v) is 3.85. The lowest BCUT2D eigenvalue weighted by Crippen LogP contribution is -2.46. The maximum atomic E-state index is 11.9. The van der Waals surface area contributed by atoms with Crippen molar-refractivity contribution in [2.45, 2.75) is 13.0 Å². The molecule has 1 atom stereocenters. The number of benzene rings is 1. The fourth-order valence-electron chi connectivity index (χ4n) is 1.73. The molecule has 1 heterocycles. The summed E-state index contributed by atoms with van der Waals surface area (Å²) >= 11 is 1.01. The minimum atomic E-state index is -1.43. The summed E-state index contributed by atoms with van der Waals surface area (Å²) in [7, 11) is 0. The lowest BCUT2D eigenvalue weighted by Gasteiger charge is -2.12. The Labute approximate surface area is 161 Å². The summed E-state index contributed by atoms with van der Waals surface area (Å²) in [5.74, 6) is -3.95. The topological polar surface area (TPSA) is 196 Å². The number of aromatic hydroxyl groups is 2. The number of aliphatic carboxylic acids is 1. The van der Waals surface area contributed by atoms with Crippen molar-refractivity contribution in [3.63, 3.8) is 0 Å². The van der Waals surface area contributed by atoms with Gasteiger partial charge in [-0.25, -0.2) is 9.78 Å². The van der Waals surface area contributed by atoms with Gasteiger partial charge in [0.2, 0.25) is 11.8 Å². The number of nitrogen functional groups attached to an aromatic ring is 1. The van der Waals surface area contributed by atoms with E-state index in [0.717, 1.165) is 23.5 Å². The largest absolute Gasteiger partial charge is 0.504 e. The molecule has 0 saturated carbocycles. The number of carboxylic acids is 1. The first-order valence-electron chi connectivity index (χ1n) is 7.49. The van der Waals surface area contributed by atoms with E-state index in [1.807, 2.05) is 0 Å². The van der Waals surface area contributed by atoms with Crippen LogP contribution in [0.5, 0.6) is 11.5 Å². The normalized spacial score (nSPS) is 12.1. The number of thiazole rings is 1. The molecule has 1 aromatic heterocycles. The number of carbonyl (C=O) groups is 3. The molecule has 0 bridgehead atoms. The molecule has 0 aliphatic rings. The van der Waals surface area contributed by atoms with E-state index >= 15 is 0 Å². The predicted octanol–water partition coefficient (Wildman–Crippen LogP) is -0.208. The van der Waals surface area contributed by atoms with Crippen LogP contribution in [-0.4, -0.2) is 49.9 Å². The Morgan fingerprint density at radius 1 is 1.25 bits per heavy atom. The Morgan fingerprint density at radius 2 is 1.96 bits per heavy atom. The monoisotopic (exact) mass is 409 g/mol. The number of carbonyl (C=O) groups excluding carboxylic acids is 2. The number of rotatable bonds is 6. The Kier molecular flexibility index (Phi) is 6.34. The average molecular weight is 409 g/mol. The van der Waals surface area contributed by atoms with E-state index in [2.05, 4.69) is 21.0 Å². The third kappa shape index (κ3) is 5.07. The number of hydrogen-bond donors (Lipinski definition) is 6. The standard InChI is InChI=1S/C15H15N5O7S/c1-6(27-20-11(14(25)26)8-5-28-15(16)17-8)12(23)18-19-13(24)7-2-3-9(21)10(22)4-7/h2-6,21-22H,1H3,(H2,16,17)(H,18,23)(H,19,24)(H,25,26)/b20-11-. The van der Waals surface area contributed by atoms with Crippen molar-refractivity contribution in [3.8, 4) is 11.5 Å². The zero-order valence-electron chi connectivity index (χ0n) is 14.2. The second-order valence-electron chi connectivity index (χ2n) is 5.21. The summed E-state index contributed by atoms with van der Waals surface area (Å²) < 4.78 is 0. The Hall–Kier alpha value is -3.87. The molecule has 0 saturated heterocycles. The minimum Gasteiger partial charge on any atom is -0.504 e. The number of oxime groups is 1. The van der Waals surface area contributed by atoms with Crippen LogP contribution < -0.4 is 16.6 Å². The Morgan fingerprint density at radius 3 is 2.54 bits per heavy atom. The van der Waals surface area contributed by atoms with Crippen LogP contribution in [0.3, 0.4) is 0 Å². The van der Waals surface area contributed by atoms with Gasteiger partial charge < -0.3 is 25.9 Å². The third-order valence-electron chi connectivity index (χ3n) is 3.18. The van der Waals surface area contributed by atoms with Crippen LogP contribution >= 0.6 is 11.3 Å². The number of nitrogens with zero attached hydrogens (tertiary/aromatic N) is 2. The molecule has 2 amide bonds. The highest BCUT2D eigenvalue weighted by Gasteiger charge is 2.20. The number of hydrogen-bond acceptors (Lipinski definition) is 10. The van der Waals surface area contributed by atoms with Crippen molar-refractivity contribution in [1.82, 2.24) is 15.8 Å². The minimum absolute atomic E-state index is 0.0250. The fourth-order valence-corrected chi connectivity index (χ4v) is 2.28. The molecule has 0 aliphatic heterocycles. The molecule has 1 aromatic carbocycles. The van der Waals surface area contributed by atoms with Gasteiger partial charge in [-0.05, 0) is 25.1 Å². The molecule has 0 fully saturated rings. The van der Waals surface area contributed by atoms with Gasteiger partial charge >= 0.3 is 5.97 Å². The number of phenolic OH excluding ortho intramolecular Hbond substituents is 2. The SMILES string of the molecule is CC(O/N=C(\C(=O)O)c1csc(N)n1)C(=O)NNC(=O)c1ccc(O)c(O)c1. The van der Waals surface area contributed by atoms with Crippen LogP contribution in [-0.2, 0) is 14.4 Å². The van der Waals surface area contributed by atoms with Crippen LogP contribution in [0.4, 0.5) is 5.13 Å². The first kappa shape index (κ1) is 20.4. The smallest absolute Gasteiger partial charge is 0.360 e. The first-order valence-corrected chi connectivity index (χ1v) is 8.37. The highest BCUT2D eigenvalue weighted by molar-refractivity contribution is 7.13. The van der Waals surface area contributed by atoms with Gasteiger partial charge in [0, 0.05) is 10.9 Å². The lowest BCUT2D eigenvalue weighted by atomic mass is 10.2. The molecular formula is C15H15N5O7S. The van der Waals surface area contributed by atoms with E-state index < -0.39 is 41.1 Å². The number of anilines is 1. The van der Waals surface area contributed by atoms with Gasteiger partial charge in [0.25, 0.3) is 11.8 Å². The molecular weight excluding hydrogens is 394 g/mol. The van der Waals surface area contributed by atoms with E-state index in [1.54, 1.807) is 0 Å². The second kappa shape index (κ2) is 8.68. The molecule has 13 heteroatoms. The molecule has 0 aliphatic carbocycles. The van der Waals surface area contributed by atoms with Crippen molar-refractivity contribution in [1.29, 1.82) is 0 Å². The number of aromatic nitrogens is 1. The highest BCUT2D eigenvalue weighted by Crippen LogP contribution is 2.24. The second-order valence-corrected chi connectivity index (χ2v) is 6.10. The van der Waals surface area contributed by atoms with Crippen molar-refractivity contribution in [2.24, 2.45) is 5.16 Å². The number of phenols is 2. The zero-order chi connectivity index (χ0) is 20.8. The fraction of sp³-hybridized carbons (Fsp3) is 0.133. The molecule has 1 unspecified atom stereocenters. The van der Waals surface area contributed by atoms with Crippen LogP contribution in [0.15, 0.2) is 28.7 Å². The summed E-state index contributed by atoms with van der Waals surface area (Å²) in [6, 6.07) is 3.32. The van der Waals surface area contributed by atoms with Gasteiger partial charge in [0.05, 0.1) is 0 Å². The number of nitrogens with two attached hydrogens (primary N) is 1. The van der Waals surface area contributed by atoms with Gasteiger partial charge in [0.15, 0.2) is 16.6 Å². The van der Waals surface area contributed by atoms with Crippen LogP contribution in [0.25, 0.3) is 0 Å². The lowest BCUT2D eigenvalue weighted by molar-refractivity contribution is -0.134. The number of hydrazine groups is 1. The molecule has 12 nitrogen and oxygen atoms in total. The number of carboxylic acid groups (broad SMARTS) is 1. The van der Waals surface area contributed by atoms with E-state index in [0.29, 0.717) is 0 Å². The van der Waals surface area contributed by atoms with Crippen LogP contribution in [0, 0.1) is 0 Å². The average Bonchev–Trinajstić information content (AvgIpc) is 3.07. The van der Waals surface area contributed by atoms with Gasteiger partial charge in [-0.2, -0.15) is 0 Å². The molecule has 28 heavy (non-hydrogen) atoms. The molecule has 2 aromatic rings. The van der Waals surface area contributed by atoms with Crippen LogP contribution in [0.1, 0.15) is 23.0 Å². The number of nitrogens with one attached hydrogen (secondary N) is 2. The Balaban J connectivity index is 1.95. The molecule has 7 N–H and O–H groups in total. The van der Waals surface area contributed by atoms with E-state index in [-0.39, 0.29) is 16.4 Å². The first-order chi connectivity index (χ1) is 13.2. The van der Waals surface area contributed by atoms with E-state index in [1.165, 1.54) is 18.4 Å². The molecule has 148 valence electrons.